The quantitative estimate of drug-likeness (QED) is 0.0470. The first kappa shape index (κ1) is 43.7. The van der Waals surface area contributed by atoms with E-state index in [0.717, 1.165) is 29.5 Å². The van der Waals surface area contributed by atoms with Crippen LogP contribution in [-0.2, 0) is 35.1 Å². The fraction of sp³-hybridized carbons (Fsp3) is 0.311. The SMILES string of the molecule is CCC/C=C/[C@@H](O)CC(=O)N[C@H](Cc1cccc(Cl)c1)C(=O)N[C@H](CSC(c1ccccc1)(c1ccccc1)c1ccccc1)C(=O)NC1(C(=O)NCC(=O)O)CC1. The van der Waals surface area contributed by atoms with Gasteiger partial charge in [-0.15, -0.1) is 11.8 Å². The van der Waals surface area contributed by atoms with Gasteiger partial charge in [0.05, 0.1) is 17.3 Å². The maximum absolute atomic E-state index is 14.4. The number of hydrogen-bond donors (Lipinski definition) is 6. The molecule has 5 rings (SSSR count). The van der Waals surface area contributed by atoms with Crippen LogP contribution in [0.25, 0.3) is 0 Å². The second-order valence-corrected chi connectivity index (χ2v) is 15.9. The smallest absolute Gasteiger partial charge is 0.322 e. The molecule has 0 saturated heterocycles. The Morgan fingerprint density at radius 1 is 0.810 bits per heavy atom. The minimum atomic E-state index is -1.34. The summed E-state index contributed by atoms with van der Waals surface area (Å²) in [6, 6.07) is 33.9. The Hall–Kier alpha value is -5.43. The molecule has 13 heteroatoms. The van der Waals surface area contributed by atoms with Crippen molar-refractivity contribution in [1.29, 1.82) is 0 Å². The molecule has 4 amide bonds. The van der Waals surface area contributed by atoms with Crippen molar-refractivity contribution in [2.45, 2.75) is 73.9 Å². The van der Waals surface area contributed by atoms with E-state index in [4.69, 9.17) is 11.6 Å². The number of amides is 4. The number of aliphatic carboxylic acids is 1. The molecule has 0 heterocycles. The largest absolute Gasteiger partial charge is 0.480 e. The molecular weight excluding hydrogens is 776 g/mol. The van der Waals surface area contributed by atoms with Gasteiger partial charge in [-0.25, -0.2) is 0 Å². The molecule has 1 saturated carbocycles. The van der Waals surface area contributed by atoms with E-state index >= 15 is 0 Å². The number of carboxylic acid groups (broad SMARTS) is 1. The first-order valence-corrected chi connectivity index (χ1v) is 20.6. The number of aliphatic hydroxyl groups excluding tert-OH is 1. The monoisotopic (exact) mass is 824 g/mol. The Morgan fingerprint density at radius 2 is 1.40 bits per heavy atom. The summed E-state index contributed by atoms with van der Waals surface area (Å²) >= 11 is 7.71. The molecule has 0 radical (unpaired) electrons. The predicted molar refractivity (Wildman–Crippen MR) is 226 cm³/mol. The maximum atomic E-state index is 14.4. The normalized spacial score (nSPS) is 14.7. The Bertz CT molecular complexity index is 1950. The minimum absolute atomic E-state index is 0.00184. The molecule has 3 atom stereocenters. The van der Waals surface area contributed by atoms with Crippen LogP contribution in [0.1, 0.15) is 61.3 Å². The van der Waals surface area contributed by atoms with Crippen molar-refractivity contribution in [3.8, 4) is 0 Å². The Balaban J connectivity index is 1.50. The van der Waals surface area contributed by atoms with E-state index in [1.54, 1.807) is 36.4 Å². The number of benzene rings is 4. The average molecular weight is 825 g/mol. The first-order chi connectivity index (χ1) is 28.0. The molecule has 4 aromatic carbocycles. The lowest BCUT2D eigenvalue weighted by atomic mass is 9.84. The number of allylic oxidation sites excluding steroid dienone is 1. The van der Waals surface area contributed by atoms with Crippen LogP contribution in [0.2, 0.25) is 5.02 Å². The van der Waals surface area contributed by atoms with Crippen LogP contribution in [0.5, 0.6) is 0 Å². The summed E-state index contributed by atoms with van der Waals surface area (Å²) in [4.78, 5) is 66.6. The highest BCUT2D eigenvalue weighted by molar-refractivity contribution is 8.00. The molecule has 11 nitrogen and oxygen atoms in total. The maximum Gasteiger partial charge on any atom is 0.322 e. The van der Waals surface area contributed by atoms with Crippen LogP contribution in [-0.4, -0.2) is 75.8 Å². The molecule has 4 aromatic rings. The van der Waals surface area contributed by atoms with Crippen molar-refractivity contribution in [2.75, 3.05) is 12.3 Å². The molecular formula is C45H49ClN4O7S. The molecule has 58 heavy (non-hydrogen) atoms. The standard InChI is InChI=1S/C45H49ClN4O7S/c1-2-3-7-23-36(51)28-39(52)48-37(27-31-15-14-22-35(46)26-31)41(55)49-38(42(56)50-44(24-25-44)43(57)47-29-40(53)54)30-58-45(32-16-8-4-9-17-32,33-18-10-5-11-19-33)34-20-12-6-13-21-34/h4-23,26,36-38,51H,2-3,24-25,27-30H2,1H3,(H,47,57)(H,48,52)(H,49,55)(H,50,56)(H,53,54)/b23-7+/t36-,37-,38-/m1/s1. The van der Waals surface area contributed by atoms with Crippen LogP contribution < -0.4 is 21.3 Å². The molecule has 0 spiro atoms. The van der Waals surface area contributed by atoms with Crippen molar-refractivity contribution in [3.63, 3.8) is 0 Å². The molecule has 6 N–H and O–H groups in total. The lowest BCUT2D eigenvalue weighted by molar-refractivity contribution is -0.138. The number of carbonyl (C=O) groups is 5. The van der Waals surface area contributed by atoms with Crippen molar-refractivity contribution in [1.82, 2.24) is 21.3 Å². The molecule has 304 valence electrons. The zero-order valence-corrected chi connectivity index (χ0v) is 33.8. The molecule has 1 aliphatic carbocycles. The number of thioether (sulfide) groups is 1. The zero-order valence-electron chi connectivity index (χ0n) is 32.2. The van der Waals surface area contributed by atoms with Crippen molar-refractivity contribution in [2.24, 2.45) is 0 Å². The predicted octanol–water partition coefficient (Wildman–Crippen LogP) is 5.53. The van der Waals surface area contributed by atoms with Crippen molar-refractivity contribution < 1.29 is 34.2 Å². The summed E-state index contributed by atoms with van der Waals surface area (Å²) in [7, 11) is 0. The van der Waals surface area contributed by atoms with E-state index < -0.39 is 64.6 Å². The minimum Gasteiger partial charge on any atom is -0.480 e. The van der Waals surface area contributed by atoms with Gasteiger partial charge in [-0.05, 0) is 53.6 Å². The summed E-state index contributed by atoms with van der Waals surface area (Å²) in [6.07, 6.45) is 4.18. The van der Waals surface area contributed by atoms with E-state index in [-0.39, 0.29) is 31.4 Å². The number of carboxylic acids is 1. The average Bonchev–Trinajstić information content (AvgIpc) is 4.01. The number of aliphatic hydroxyl groups is 1. The van der Waals surface area contributed by atoms with E-state index in [0.29, 0.717) is 10.6 Å². The van der Waals surface area contributed by atoms with E-state index in [9.17, 15) is 34.2 Å². The number of carbonyl (C=O) groups excluding carboxylic acids is 4. The highest BCUT2D eigenvalue weighted by Crippen LogP contribution is 2.48. The second-order valence-electron chi connectivity index (χ2n) is 14.2. The lowest BCUT2D eigenvalue weighted by Crippen LogP contribution is -2.59. The van der Waals surface area contributed by atoms with Crippen LogP contribution in [0.4, 0.5) is 0 Å². The van der Waals surface area contributed by atoms with Gasteiger partial charge < -0.3 is 31.5 Å². The number of hydrogen-bond acceptors (Lipinski definition) is 7. The molecule has 0 aromatic heterocycles. The van der Waals surface area contributed by atoms with E-state index in [1.807, 2.05) is 97.9 Å². The lowest BCUT2D eigenvalue weighted by Gasteiger charge is -2.37. The van der Waals surface area contributed by atoms with Gasteiger partial charge in [0.1, 0.15) is 24.2 Å². The van der Waals surface area contributed by atoms with Gasteiger partial charge in [0, 0.05) is 17.2 Å². The molecule has 1 aliphatic rings. The van der Waals surface area contributed by atoms with Crippen molar-refractivity contribution in [3.05, 3.63) is 155 Å². The fourth-order valence-corrected chi connectivity index (χ4v) is 8.43. The third kappa shape index (κ3) is 11.8. The third-order valence-corrected chi connectivity index (χ3v) is 11.7. The number of unbranched alkanes of at least 4 members (excludes halogenated alkanes) is 1. The fourth-order valence-electron chi connectivity index (χ4n) is 6.65. The molecule has 0 bridgehead atoms. The summed E-state index contributed by atoms with van der Waals surface area (Å²) in [5.74, 6) is -3.76. The van der Waals surface area contributed by atoms with Crippen LogP contribution in [0.15, 0.2) is 127 Å². The van der Waals surface area contributed by atoms with Gasteiger partial charge in [-0.3, -0.25) is 24.0 Å². The van der Waals surface area contributed by atoms with E-state index in [2.05, 4.69) is 21.3 Å². The first-order valence-electron chi connectivity index (χ1n) is 19.3. The van der Waals surface area contributed by atoms with Crippen LogP contribution >= 0.6 is 23.4 Å². The third-order valence-electron chi connectivity index (χ3n) is 9.78. The zero-order chi connectivity index (χ0) is 41.5. The molecule has 0 aliphatic heterocycles. The van der Waals surface area contributed by atoms with Gasteiger partial charge in [-0.1, -0.05) is 140 Å². The molecule has 0 unspecified atom stereocenters. The number of rotatable bonds is 21. The Morgan fingerprint density at radius 3 is 1.91 bits per heavy atom. The van der Waals surface area contributed by atoms with Gasteiger partial charge in [0.2, 0.25) is 23.6 Å². The topological polar surface area (TPSA) is 174 Å². The summed E-state index contributed by atoms with van der Waals surface area (Å²) in [5.41, 5.74) is 2.08. The van der Waals surface area contributed by atoms with Crippen LogP contribution in [0.3, 0.4) is 0 Å². The van der Waals surface area contributed by atoms with Crippen molar-refractivity contribution >= 4 is 53.0 Å². The van der Waals surface area contributed by atoms with E-state index in [1.165, 1.54) is 11.8 Å². The van der Waals surface area contributed by atoms with Gasteiger partial charge >= 0.3 is 5.97 Å². The van der Waals surface area contributed by atoms with Gasteiger partial charge in [-0.2, -0.15) is 0 Å². The summed E-state index contributed by atoms with van der Waals surface area (Å²) < 4.78 is -0.876. The van der Waals surface area contributed by atoms with Gasteiger partial charge in [0.25, 0.3) is 0 Å². The second kappa shape index (κ2) is 20.8. The Kier molecular flexibility index (Phi) is 15.7. The number of halogens is 1. The molecule has 1 fully saturated rings. The number of nitrogens with one attached hydrogen (secondary N) is 4. The highest BCUT2D eigenvalue weighted by atomic mass is 35.5. The summed E-state index contributed by atoms with van der Waals surface area (Å²) in [6.45, 7) is 1.38. The Labute approximate surface area is 348 Å². The summed E-state index contributed by atoms with van der Waals surface area (Å²) in [5, 5.41) is 31.0. The van der Waals surface area contributed by atoms with Crippen LogP contribution in [0, 0.1) is 0 Å². The van der Waals surface area contributed by atoms with Gasteiger partial charge in [0.15, 0.2) is 0 Å². The highest BCUT2D eigenvalue weighted by Gasteiger charge is 2.52.